The van der Waals surface area contributed by atoms with Crippen LogP contribution in [-0.2, 0) is 37.5 Å². The van der Waals surface area contributed by atoms with Crippen LogP contribution in [0.25, 0.3) is 0 Å². The smallest absolute Gasteiger partial charge is 0.407 e. The molecule has 33 heavy (non-hydrogen) atoms. The van der Waals surface area contributed by atoms with Crippen molar-refractivity contribution in [2.45, 2.75) is 59.6 Å². The van der Waals surface area contributed by atoms with Gasteiger partial charge in [-0.15, -0.1) is 0 Å². The maximum atomic E-state index is 12.9. The zero-order valence-corrected chi connectivity index (χ0v) is 21.8. The van der Waals surface area contributed by atoms with Gasteiger partial charge in [0.15, 0.2) is 11.2 Å². The van der Waals surface area contributed by atoms with Crippen molar-refractivity contribution in [2.75, 3.05) is 32.6 Å². The summed E-state index contributed by atoms with van der Waals surface area (Å²) in [4.78, 5) is 47.9. The Hall–Kier alpha value is -1.46. The highest BCUT2D eigenvalue weighted by atomic mass is 32.2. The number of ether oxygens (including phenoxy) is 1. The first-order valence-electron chi connectivity index (χ1n) is 10.8. The van der Waals surface area contributed by atoms with E-state index in [-0.39, 0.29) is 30.6 Å². The maximum absolute atomic E-state index is 12.9. The fraction of sp³-hybridized carbons (Fsp3) is 0.800. The van der Waals surface area contributed by atoms with E-state index in [0.29, 0.717) is 24.6 Å². The monoisotopic (exact) mass is 509 g/mol. The topological polar surface area (TPSA) is 149 Å². The zero-order chi connectivity index (χ0) is 25.2. The number of carbonyl (C=O) groups is 4. The minimum atomic E-state index is -3.93. The minimum Gasteiger partial charge on any atom is -0.468 e. The van der Waals surface area contributed by atoms with Gasteiger partial charge in [-0.1, -0.05) is 39.5 Å². The summed E-state index contributed by atoms with van der Waals surface area (Å²) in [5.41, 5.74) is -0.795. The maximum Gasteiger partial charge on any atom is 0.407 e. The Kier molecular flexibility index (Phi) is 12.0. The van der Waals surface area contributed by atoms with Crippen molar-refractivity contribution in [3.8, 4) is 0 Å². The predicted octanol–water partition coefficient (Wildman–Crippen LogP) is 1.62. The van der Waals surface area contributed by atoms with Crippen LogP contribution in [0.3, 0.4) is 0 Å². The SMILES string of the molecule is COC(=O)[C@H](C)NP1(=O)OCC(C)(C)[C@H](C(=O)NCCC(=O)NCCSC(=O)CC(C)C)O1. The predicted molar refractivity (Wildman–Crippen MR) is 124 cm³/mol. The molecule has 1 rings (SSSR count). The average Bonchev–Trinajstić information content (AvgIpc) is 2.72. The molecule has 0 aliphatic carbocycles. The Bertz CT molecular complexity index is 762. The van der Waals surface area contributed by atoms with Crippen LogP contribution >= 0.6 is 19.5 Å². The molecule has 1 heterocycles. The fourth-order valence-electron chi connectivity index (χ4n) is 2.80. The number of methoxy groups -OCH3 is 1. The largest absolute Gasteiger partial charge is 0.468 e. The van der Waals surface area contributed by atoms with E-state index >= 15 is 0 Å². The highest BCUT2D eigenvalue weighted by Crippen LogP contribution is 2.53. The van der Waals surface area contributed by atoms with Crippen LogP contribution in [0.5, 0.6) is 0 Å². The van der Waals surface area contributed by atoms with Crippen LogP contribution in [-0.4, -0.2) is 67.6 Å². The molecule has 13 heteroatoms. The second-order valence-electron chi connectivity index (χ2n) is 8.83. The van der Waals surface area contributed by atoms with Crippen molar-refractivity contribution >= 4 is 42.4 Å². The Morgan fingerprint density at radius 1 is 1.15 bits per heavy atom. The van der Waals surface area contributed by atoms with E-state index < -0.39 is 37.2 Å². The second kappa shape index (κ2) is 13.4. The highest BCUT2D eigenvalue weighted by Gasteiger charge is 2.48. The molecule has 1 unspecified atom stereocenters. The van der Waals surface area contributed by atoms with Crippen LogP contribution in [0.2, 0.25) is 0 Å². The molecule has 0 radical (unpaired) electrons. The van der Waals surface area contributed by atoms with Crippen LogP contribution in [0.1, 0.15) is 47.5 Å². The third kappa shape index (κ3) is 10.6. The molecule has 3 N–H and O–H groups in total. The summed E-state index contributed by atoms with van der Waals surface area (Å²) in [5.74, 6) is -0.678. The molecule has 1 aliphatic heterocycles. The second-order valence-corrected chi connectivity index (χ2v) is 11.7. The molecule has 2 amide bonds. The molecule has 1 fully saturated rings. The lowest BCUT2D eigenvalue weighted by molar-refractivity contribution is -0.142. The normalized spacial score (nSPS) is 22.9. The van der Waals surface area contributed by atoms with Gasteiger partial charge in [0, 0.05) is 37.1 Å². The van der Waals surface area contributed by atoms with Gasteiger partial charge in [-0.05, 0) is 12.8 Å². The number of rotatable bonds is 12. The van der Waals surface area contributed by atoms with Crippen molar-refractivity contribution in [2.24, 2.45) is 11.3 Å². The summed E-state index contributed by atoms with van der Waals surface area (Å²) < 4.78 is 28.2. The van der Waals surface area contributed by atoms with Crippen LogP contribution in [0.4, 0.5) is 0 Å². The van der Waals surface area contributed by atoms with Gasteiger partial charge in [-0.3, -0.25) is 28.2 Å². The summed E-state index contributed by atoms with van der Waals surface area (Å²) in [7, 11) is -2.74. The van der Waals surface area contributed by atoms with Crippen molar-refractivity contribution in [3.63, 3.8) is 0 Å². The molecule has 190 valence electrons. The summed E-state index contributed by atoms with van der Waals surface area (Å²) in [6.45, 7) is 9.17. The number of hydrogen-bond donors (Lipinski definition) is 3. The van der Waals surface area contributed by atoms with Crippen molar-refractivity contribution in [3.05, 3.63) is 0 Å². The molecule has 0 aromatic rings. The summed E-state index contributed by atoms with van der Waals surface area (Å²) in [6.07, 6.45) is -0.588. The van der Waals surface area contributed by atoms with E-state index in [1.807, 2.05) is 13.8 Å². The number of amides is 2. The van der Waals surface area contributed by atoms with Gasteiger partial charge in [-0.2, -0.15) is 0 Å². The number of carbonyl (C=O) groups excluding carboxylic acids is 4. The summed E-state index contributed by atoms with van der Waals surface area (Å²) in [5, 5.41) is 7.86. The van der Waals surface area contributed by atoms with Gasteiger partial charge < -0.3 is 15.4 Å². The molecule has 3 atom stereocenters. The van der Waals surface area contributed by atoms with Crippen LogP contribution in [0, 0.1) is 11.3 Å². The van der Waals surface area contributed by atoms with E-state index in [4.69, 9.17) is 9.05 Å². The first kappa shape index (κ1) is 29.6. The van der Waals surface area contributed by atoms with E-state index in [1.165, 1.54) is 25.8 Å². The van der Waals surface area contributed by atoms with Gasteiger partial charge in [0.2, 0.25) is 11.8 Å². The lowest BCUT2D eigenvalue weighted by Crippen LogP contribution is -2.51. The van der Waals surface area contributed by atoms with Gasteiger partial charge in [0.05, 0.1) is 13.7 Å². The first-order chi connectivity index (χ1) is 15.3. The molecule has 0 saturated carbocycles. The van der Waals surface area contributed by atoms with Crippen molar-refractivity contribution < 1.29 is 37.5 Å². The Labute approximate surface area is 199 Å². The van der Waals surface area contributed by atoms with Crippen molar-refractivity contribution in [1.82, 2.24) is 15.7 Å². The summed E-state index contributed by atoms with van der Waals surface area (Å²) >= 11 is 1.19. The number of hydrogen-bond acceptors (Lipinski definition) is 9. The molecule has 0 aromatic heterocycles. The van der Waals surface area contributed by atoms with Gasteiger partial charge in [0.1, 0.15) is 6.04 Å². The first-order valence-corrected chi connectivity index (χ1v) is 13.3. The minimum absolute atomic E-state index is 0.0370. The van der Waals surface area contributed by atoms with Crippen LogP contribution in [0.15, 0.2) is 0 Å². The summed E-state index contributed by atoms with van der Waals surface area (Å²) in [6, 6.07) is -0.965. The van der Waals surface area contributed by atoms with Gasteiger partial charge >= 0.3 is 13.7 Å². The molecular weight excluding hydrogens is 473 g/mol. The average molecular weight is 510 g/mol. The molecule has 0 aromatic carbocycles. The third-order valence-corrected chi connectivity index (χ3v) is 7.18. The Morgan fingerprint density at radius 2 is 1.82 bits per heavy atom. The van der Waals surface area contributed by atoms with E-state index in [9.17, 15) is 23.7 Å². The van der Waals surface area contributed by atoms with Crippen molar-refractivity contribution in [1.29, 1.82) is 0 Å². The van der Waals surface area contributed by atoms with E-state index in [2.05, 4.69) is 20.5 Å². The zero-order valence-electron chi connectivity index (χ0n) is 20.1. The Morgan fingerprint density at radius 3 is 2.42 bits per heavy atom. The molecule has 11 nitrogen and oxygen atoms in total. The lowest BCUT2D eigenvalue weighted by atomic mass is 9.87. The van der Waals surface area contributed by atoms with Gasteiger partial charge in [-0.25, -0.2) is 9.65 Å². The third-order valence-electron chi connectivity index (χ3n) is 4.62. The number of nitrogens with one attached hydrogen (secondary N) is 3. The lowest BCUT2D eigenvalue weighted by Gasteiger charge is -2.40. The molecule has 0 spiro atoms. The molecule has 0 bridgehead atoms. The molecule has 1 saturated heterocycles. The molecular formula is C20H36N3O8PS. The number of esters is 1. The van der Waals surface area contributed by atoms with E-state index in [0.717, 1.165) is 0 Å². The fourth-order valence-corrected chi connectivity index (χ4v) is 5.62. The van der Waals surface area contributed by atoms with Gasteiger partial charge in [0.25, 0.3) is 0 Å². The van der Waals surface area contributed by atoms with Crippen LogP contribution < -0.4 is 15.7 Å². The molecule has 1 aliphatic rings. The standard InChI is InChI=1S/C20H36N3O8PS/c1-13(2)11-16(25)33-10-9-21-15(24)7-8-22-18(26)17-20(4,5)12-30-32(28,31-17)23-14(3)19(27)29-6/h13-14,17H,7-12H2,1-6H3,(H,21,24)(H,22,26)(H,23,28)/t14-,17-,32?/m0/s1. The number of thioether (sulfide) groups is 1. The Balaban J connectivity index is 2.46. The van der Waals surface area contributed by atoms with E-state index in [1.54, 1.807) is 13.8 Å². The quantitative estimate of drug-likeness (QED) is 0.201. The highest BCUT2D eigenvalue weighted by molar-refractivity contribution is 8.13.